The van der Waals surface area contributed by atoms with E-state index in [2.05, 4.69) is 0 Å². The molecule has 6 heteroatoms. The maximum absolute atomic E-state index is 12.5. The molecule has 0 fully saturated rings. The molecule has 0 saturated carbocycles. The van der Waals surface area contributed by atoms with Crippen molar-refractivity contribution in [2.75, 3.05) is 19.8 Å². The standard InChI is InChI=1S/C15H30F2O4/c1-11(6-8-18-14(4)16)20-10-13(3)21-12(2)7-9-19-15(5)17/h11-15H,6-10H2,1-5H3. The van der Waals surface area contributed by atoms with E-state index in [4.69, 9.17) is 18.9 Å². The smallest absolute Gasteiger partial charge is 0.195 e. The van der Waals surface area contributed by atoms with Crippen molar-refractivity contribution in [3.8, 4) is 0 Å². The Morgan fingerprint density at radius 2 is 1.14 bits per heavy atom. The molecule has 0 aromatic heterocycles. The second-order valence-electron chi connectivity index (χ2n) is 5.31. The van der Waals surface area contributed by atoms with Crippen LogP contribution in [0.2, 0.25) is 0 Å². The highest BCUT2D eigenvalue weighted by molar-refractivity contribution is 4.57. The molecule has 0 rings (SSSR count). The molecule has 0 aliphatic carbocycles. The van der Waals surface area contributed by atoms with E-state index < -0.39 is 12.7 Å². The SMILES string of the molecule is CC(F)OCCC(C)OCC(C)OC(C)CCOC(C)F. The lowest BCUT2D eigenvalue weighted by atomic mass is 10.3. The second-order valence-corrected chi connectivity index (χ2v) is 5.31. The van der Waals surface area contributed by atoms with Crippen LogP contribution < -0.4 is 0 Å². The Morgan fingerprint density at radius 3 is 1.62 bits per heavy atom. The van der Waals surface area contributed by atoms with Gasteiger partial charge in [0.25, 0.3) is 0 Å². The van der Waals surface area contributed by atoms with Crippen LogP contribution in [0.5, 0.6) is 0 Å². The summed E-state index contributed by atoms with van der Waals surface area (Å²) in [5.74, 6) is 0. The Bertz CT molecular complexity index is 240. The number of hydrogen-bond donors (Lipinski definition) is 0. The minimum atomic E-state index is -1.24. The highest BCUT2D eigenvalue weighted by Gasteiger charge is 2.12. The maximum Gasteiger partial charge on any atom is 0.195 e. The van der Waals surface area contributed by atoms with Crippen LogP contribution in [0.3, 0.4) is 0 Å². The normalized spacial score (nSPS) is 19.0. The fraction of sp³-hybridized carbons (Fsp3) is 1.00. The molecule has 0 aromatic rings. The molecule has 0 amide bonds. The lowest BCUT2D eigenvalue weighted by Crippen LogP contribution is -2.26. The van der Waals surface area contributed by atoms with Crippen molar-refractivity contribution in [1.29, 1.82) is 0 Å². The van der Waals surface area contributed by atoms with Crippen molar-refractivity contribution in [2.24, 2.45) is 0 Å². The molecular weight excluding hydrogens is 282 g/mol. The Kier molecular flexibility index (Phi) is 12.1. The van der Waals surface area contributed by atoms with Crippen molar-refractivity contribution in [3.63, 3.8) is 0 Å². The summed E-state index contributed by atoms with van der Waals surface area (Å²) in [6.45, 7) is 9.60. The van der Waals surface area contributed by atoms with Crippen LogP contribution >= 0.6 is 0 Å². The average Bonchev–Trinajstić information content (AvgIpc) is 2.35. The number of ether oxygens (including phenoxy) is 4. The first kappa shape index (κ1) is 20.7. The summed E-state index contributed by atoms with van der Waals surface area (Å²) < 4.78 is 45.9. The first-order chi connectivity index (χ1) is 9.81. The fourth-order valence-corrected chi connectivity index (χ4v) is 1.68. The Labute approximate surface area is 127 Å². The van der Waals surface area contributed by atoms with Crippen molar-refractivity contribution in [2.45, 2.75) is 78.5 Å². The molecule has 0 aliphatic rings. The maximum atomic E-state index is 12.5. The number of halogens is 2. The third kappa shape index (κ3) is 14.4. The second kappa shape index (κ2) is 12.3. The van der Waals surface area contributed by atoms with Crippen LogP contribution in [0.1, 0.15) is 47.5 Å². The summed E-state index contributed by atoms with van der Waals surface area (Å²) in [5, 5.41) is 0. The van der Waals surface area contributed by atoms with Gasteiger partial charge in [0.1, 0.15) is 0 Å². The van der Waals surface area contributed by atoms with Crippen molar-refractivity contribution in [3.05, 3.63) is 0 Å². The van der Waals surface area contributed by atoms with Gasteiger partial charge in [-0.1, -0.05) is 0 Å². The zero-order valence-electron chi connectivity index (χ0n) is 13.8. The van der Waals surface area contributed by atoms with Gasteiger partial charge in [-0.15, -0.1) is 0 Å². The van der Waals surface area contributed by atoms with Gasteiger partial charge in [0.2, 0.25) is 0 Å². The van der Waals surface area contributed by atoms with Crippen LogP contribution in [-0.4, -0.2) is 50.8 Å². The molecule has 5 unspecified atom stereocenters. The van der Waals surface area contributed by atoms with Gasteiger partial charge in [0.05, 0.1) is 38.1 Å². The third-order valence-corrected chi connectivity index (χ3v) is 2.82. The van der Waals surface area contributed by atoms with Crippen molar-refractivity contribution < 1.29 is 27.7 Å². The lowest BCUT2D eigenvalue weighted by molar-refractivity contribution is -0.0865. The van der Waals surface area contributed by atoms with E-state index in [1.807, 2.05) is 20.8 Å². The molecular formula is C15H30F2O4. The Balaban J connectivity index is 3.61. The Hall–Kier alpha value is -0.300. The summed E-state index contributed by atoms with van der Waals surface area (Å²) >= 11 is 0. The fourth-order valence-electron chi connectivity index (χ4n) is 1.68. The van der Waals surface area contributed by atoms with E-state index in [1.54, 1.807) is 0 Å². The zero-order chi connectivity index (χ0) is 16.3. The Morgan fingerprint density at radius 1 is 0.667 bits per heavy atom. The first-order valence-corrected chi connectivity index (χ1v) is 7.59. The van der Waals surface area contributed by atoms with Crippen LogP contribution in [0.15, 0.2) is 0 Å². The molecule has 0 radical (unpaired) electrons. The predicted molar refractivity (Wildman–Crippen MR) is 77.7 cm³/mol. The lowest BCUT2D eigenvalue weighted by Gasteiger charge is -2.21. The van der Waals surface area contributed by atoms with Gasteiger partial charge in [0, 0.05) is 0 Å². The van der Waals surface area contributed by atoms with Crippen LogP contribution in [0.25, 0.3) is 0 Å². The van der Waals surface area contributed by atoms with E-state index in [0.717, 1.165) is 0 Å². The average molecular weight is 312 g/mol. The molecule has 128 valence electrons. The van der Waals surface area contributed by atoms with Gasteiger partial charge < -0.3 is 18.9 Å². The highest BCUT2D eigenvalue weighted by Crippen LogP contribution is 2.07. The van der Waals surface area contributed by atoms with Crippen LogP contribution in [0.4, 0.5) is 8.78 Å². The van der Waals surface area contributed by atoms with Crippen LogP contribution in [-0.2, 0) is 18.9 Å². The van der Waals surface area contributed by atoms with Gasteiger partial charge in [-0.3, -0.25) is 0 Å². The molecule has 0 aliphatic heterocycles. The van der Waals surface area contributed by atoms with Crippen molar-refractivity contribution >= 4 is 0 Å². The summed E-state index contributed by atoms with van der Waals surface area (Å²) in [6.07, 6.45) is -1.31. The molecule has 0 saturated heterocycles. The number of rotatable bonds is 13. The van der Waals surface area contributed by atoms with Gasteiger partial charge in [0.15, 0.2) is 12.7 Å². The monoisotopic (exact) mass is 312 g/mol. The summed E-state index contributed by atoms with van der Waals surface area (Å²) in [6, 6.07) is 0. The minimum absolute atomic E-state index is 0.0131. The zero-order valence-corrected chi connectivity index (χ0v) is 13.8. The molecule has 0 N–H and O–H groups in total. The highest BCUT2D eigenvalue weighted by atomic mass is 19.1. The molecule has 0 bridgehead atoms. The molecule has 0 aromatic carbocycles. The van der Waals surface area contributed by atoms with E-state index in [0.29, 0.717) is 32.7 Å². The summed E-state index contributed by atoms with van der Waals surface area (Å²) in [7, 11) is 0. The largest absolute Gasteiger partial charge is 0.376 e. The van der Waals surface area contributed by atoms with Gasteiger partial charge in [-0.2, -0.15) is 0 Å². The predicted octanol–water partition coefficient (Wildman–Crippen LogP) is 3.63. The van der Waals surface area contributed by atoms with Gasteiger partial charge in [-0.05, 0) is 47.5 Å². The number of hydrogen-bond acceptors (Lipinski definition) is 4. The van der Waals surface area contributed by atoms with E-state index in [-0.39, 0.29) is 18.3 Å². The van der Waals surface area contributed by atoms with E-state index in [1.165, 1.54) is 13.8 Å². The summed E-state index contributed by atoms with van der Waals surface area (Å²) in [5.41, 5.74) is 0. The summed E-state index contributed by atoms with van der Waals surface area (Å²) in [4.78, 5) is 0. The topological polar surface area (TPSA) is 36.9 Å². The molecule has 0 spiro atoms. The molecule has 5 atom stereocenters. The van der Waals surface area contributed by atoms with Gasteiger partial charge in [-0.25, -0.2) is 8.78 Å². The minimum Gasteiger partial charge on any atom is -0.376 e. The quantitative estimate of drug-likeness (QED) is 0.520. The van der Waals surface area contributed by atoms with E-state index in [9.17, 15) is 8.78 Å². The molecule has 4 nitrogen and oxygen atoms in total. The van der Waals surface area contributed by atoms with E-state index >= 15 is 0 Å². The molecule has 0 heterocycles. The molecule has 21 heavy (non-hydrogen) atoms. The van der Waals surface area contributed by atoms with Gasteiger partial charge >= 0.3 is 0 Å². The third-order valence-electron chi connectivity index (χ3n) is 2.82. The number of alkyl halides is 2. The first-order valence-electron chi connectivity index (χ1n) is 7.59. The van der Waals surface area contributed by atoms with Crippen LogP contribution in [0, 0.1) is 0 Å². The van der Waals surface area contributed by atoms with Crippen molar-refractivity contribution in [1.82, 2.24) is 0 Å².